The van der Waals surface area contributed by atoms with E-state index in [1.54, 1.807) is 13.2 Å². The molecule has 3 aliphatic rings. The first-order valence-corrected chi connectivity index (χ1v) is 12.0. The summed E-state index contributed by atoms with van der Waals surface area (Å²) in [6.45, 7) is 3.81. The third kappa shape index (κ3) is 3.21. The maximum atomic E-state index is 14.0. The Balaban J connectivity index is 1.55. The molecule has 6 rings (SSSR count). The zero-order valence-electron chi connectivity index (χ0n) is 20.2. The number of methoxy groups -OCH3 is 1. The molecule has 1 aliphatic carbocycles. The van der Waals surface area contributed by atoms with Gasteiger partial charge in [-0.15, -0.1) is 0 Å². The molecule has 2 aliphatic heterocycles. The number of anilines is 1. The second-order valence-corrected chi connectivity index (χ2v) is 9.67. The number of imide groups is 1. The predicted molar refractivity (Wildman–Crippen MR) is 135 cm³/mol. The van der Waals surface area contributed by atoms with Crippen molar-refractivity contribution in [2.24, 2.45) is 17.8 Å². The first kappa shape index (κ1) is 22.3. The molecule has 3 aromatic carbocycles. The highest BCUT2D eigenvalue weighted by Gasteiger charge is 2.60. The number of esters is 1. The van der Waals surface area contributed by atoms with Crippen molar-refractivity contribution in [3.05, 3.63) is 95.1 Å². The largest absolute Gasteiger partial charge is 0.497 e. The second kappa shape index (κ2) is 8.19. The second-order valence-electron chi connectivity index (χ2n) is 9.67. The lowest BCUT2D eigenvalue weighted by Gasteiger charge is -2.38. The smallest absolute Gasteiger partial charge is 0.319 e. The average Bonchev–Trinajstić information content (AvgIpc) is 3.13. The summed E-state index contributed by atoms with van der Waals surface area (Å²) in [6.07, 6.45) is 1.99. The number of hydrogen-bond acceptors (Lipinski definition) is 5. The van der Waals surface area contributed by atoms with Crippen LogP contribution in [0.1, 0.15) is 28.2 Å². The number of rotatable bonds is 3. The van der Waals surface area contributed by atoms with Crippen molar-refractivity contribution >= 4 is 29.0 Å². The number of carbonyl (C=O) groups excluding carboxylic acids is 3. The van der Waals surface area contributed by atoms with Gasteiger partial charge in [0.05, 0.1) is 30.6 Å². The van der Waals surface area contributed by atoms with Crippen molar-refractivity contribution in [3.63, 3.8) is 0 Å². The molecule has 6 heteroatoms. The van der Waals surface area contributed by atoms with E-state index in [0.717, 1.165) is 27.8 Å². The van der Waals surface area contributed by atoms with E-state index >= 15 is 0 Å². The van der Waals surface area contributed by atoms with Gasteiger partial charge in [0, 0.05) is 11.5 Å². The Morgan fingerprint density at radius 2 is 1.58 bits per heavy atom. The minimum absolute atomic E-state index is 0.294. The Hall–Kier alpha value is -4.19. The lowest BCUT2D eigenvalue weighted by atomic mass is 9.64. The van der Waals surface area contributed by atoms with Gasteiger partial charge in [-0.05, 0) is 60.4 Å². The summed E-state index contributed by atoms with van der Waals surface area (Å²) in [6, 6.07) is 20.6. The van der Waals surface area contributed by atoms with E-state index in [9.17, 15) is 14.4 Å². The van der Waals surface area contributed by atoms with Gasteiger partial charge in [-0.3, -0.25) is 14.4 Å². The molecule has 4 atom stereocenters. The van der Waals surface area contributed by atoms with E-state index in [-0.39, 0.29) is 11.8 Å². The number of fused-ring (bicyclic) bond motifs is 5. The lowest BCUT2D eigenvalue weighted by molar-refractivity contribution is -0.142. The van der Waals surface area contributed by atoms with E-state index in [1.807, 2.05) is 80.6 Å². The Labute approximate surface area is 209 Å². The summed E-state index contributed by atoms with van der Waals surface area (Å²) in [5, 5.41) is 0. The standard InChI is InChI=1S/C30H25NO5/c1-16-8-13-20-22-15-21(18-9-11-19(35-3)12-10-18)25-27(26(22)30(34)36-24(20)14-16)29(33)31(28(25)32)23-7-5-4-6-17(23)2/h4-15,21,25-27H,1-3H3/t21-,25-,26-,27-/m0/s1. The predicted octanol–water partition coefficient (Wildman–Crippen LogP) is 4.83. The van der Waals surface area contributed by atoms with E-state index in [1.165, 1.54) is 4.90 Å². The summed E-state index contributed by atoms with van der Waals surface area (Å²) in [7, 11) is 1.60. The molecule has 6 nitrogen and oxygen atoms in total. The van der Waals surface area contributed by atoms with Crippen LogP contribution in [-0.2, 0) is 14.4 Å². The molecule has 36 heavy (non-hydrogen) atoms. The van der Waals surface area contributed by atoms with Crippen molar-refractivity contribution in [2.45, 2.75) is 19.8 Å². The van der Waals surface area contributed by atoms with Gasteiger partial charge in [0.15, 0.2) is 0 Å². The van der Waals surface area contributed by atoms with Crippen LogP contribution in [0.25, 0.3) is 5.57 Å². The Bertz CT molecular complexity index is 1450. The highest BCUT2D eigenvalue weighted by atomic mass is 16.5. The van der Waals surface area contributed by atoms with E-state index < -0.39 is 29.6 Å². The summed E-state index contributed by atoms with van der Waals surface area (Å²) in [5.74, 6) is -2.77. The fourth-order valence-corrected chi connectivity index (χ4v) is 5.87. The van der Waals surface area contributed by atoms with Crippen molar-refractivity contribution in [2.75, 3.05) is 12.0 Å². The van der Waals surface area contributed by atoms with Crippen molar-refractivity contribution < 1.29 is 23.9 Å². The Kier molecular flexibility index (Phi) is 5.07. The zero-order chi connectivity index (χ0) is 25.1. The van der Waals surface area contributed by atoms with Crippen LogP contribution >= 0.6 is 0 Å². The lowest BCUT2D eigenvalue weighted by Crippen LogP contribution is -2.42. The molecule has 0 spiro atoms. The van der Waals surface area contributed by atoms with Crippen LogP contribution in [-0.4, -0.2) is 24.9 Å². The van der Waals surface area contributed by atoms with Crippen molar-refractivity contribution in [3.8, 4) is 11.5 Å². The number of para-hydroxylation sites is 1. The summed E-state index contributed by atoms with van der Waals surface area (Å²) < 4.78 is 11.1. The van der Waals surface area contributed by atoms with Gasteiger partial charge in [-0.1, -0.05) is 48.5 Å². The molecule has 2 heterocycles. The first-order valence-electron chi connectivity index (χ1n) is 12.0. The minimum Gasteiger partial charge on any atom is -0.497 e. The maximum Gasteiger partial charge on any atom is 0.319 e. The number of hydrogen-bond donors (Lipinski definition) is 0. The van der Waals surface area contributed by atoms with Crippen LogP contribution in [0.15, 0.2) is 72.8 Å². The molecule has 0 bridgehead atoms. The number of nitrogens with zero attached hydrogens (tertiary/aromatic N) is 1. The molecule has 1 fully saturated rings. The first-order chi connectivity index (χ1) is 17.4. The van der Waals surface area contributed by atoms with Crippen molar-refractivity contribution in [1.82, 2.24) is 0 Å². The summed E-state index contributed by atoms with van der Waals surface area (Å²) in [5.41, 5.74) is 4.76. The molecular formula is C30H25NO5. The third-order valence-corrected chi connectivity index (χ3v) is 7.61. The summed E-state index contributed by atoms with van der Waals surface area (Å²) >= 11 is 0. The molecule has 1 saturated heterocycles. The van der Waals surface area contributed by atoms with E-state index in [0.29, 0.717) is 17.2 Å². The van der Waals surface area contributed by atoms with Gasteiger partial charge in [-0.25, -0.2) is 4.90 Å². The number of carbonyl (C=O) groups is 3. The molecule has 3 aromatic rings. The van der Waals surface area contributed by atoms with Gasteiger partial charge in [0.1, 0.15) is 11.5 Å². The third-order valence-electron chi connectivity index (χ3n) is 7.61. The van der Waals surface area contributed by atoms with E-state index in [4.69, 9.17) is 9.47 Å². The van der Waals surface area contributed by atoms with Crippen LogP contribution in [0, 0.1) is 31.6 Å². The number of benzene rings is 3. The monoisotopic (exact) mass is 479 g/mol. The van der Waals surface area contributed by atoms with Gasteiger partial charge in [-0.2, -0.15) is 0 Å². The normalized spacial score (nSPS) is 24.5. The molecule has 180 valence electrons. The SMILES string of the molecule is COc1ccc([C@@H]2C=C3c4ccc(C)cc4OC(=O)[C@@H]3[C@H]3C(=O)N(c4ccccc4C)C(=O)[C@H]32)cc1. The topological polar surface area (TPSA) is 72.9 Å². The average molecular weight is 480 g/mol. The van der Waals surface area contributed by atoms with Crippen LogP contribution in [0.3, 0.4) is 0 Å². The number of ether oxygens (including phenoxy) is 2. The molecule has 0 unspecified atom stereocenters. The van der Waals surface area contributed by atoms with Crippen molar-refractivity contribution in [1.29, 1.82) is 0 Å². The van der Waals surface area contributed by atoms with Gasteiger partial charge in [0.25, 0.3) is 0 Å². The number of amides is 2. The molecular weight excluding hydrogens is 454 g/mol. The van der Waals surface area contributed by atoms with E-state index in [2.05, 4.69) is 0 Å². The molecule has 0 radical (unpaired) electrons. The molecule has 0 aromatic heterocycles. The highest BCUT2D eigenvalue weighted by molar-refractivity contribution is 6.24. The zero-order valence-corrected chi connectivity index (χ0v) is 20.2. The molecule has 0 saturated carbocycles. The van der Waals surface area contributed by atoms with Crippen LogP contribution in [0.4, 0.5) is 5.69 Å². The highest BCUT2D eigenvalue weighted by Crippen LogP contribution is 2.55. The van der Waals surface area contributed by atoms with Gasteiger partial charge >= 0.3 is 5.97 Å². The maximum absolute atomic E-state index is 14.0. The molecule has 0 N–H and O–H groups in total. The van der Waals surface area contributed by atoms with Gasteiger partial charge in [0.2, 0.25) is 11.8 Å². The quantitative estimate of drug-likeness (QED) is 0.306. The number of aryl methyl sites for hydroxylation is 2. The summed E-state index contributed by atoms with van der Waals surface area (Å²) in [4.78, 5) is 42.6. The van der Waals surface area contributed by atoms with Crippen LogP contribution in [0.2, 0.25) is 0 Å². The van der Waals surface area contributed by atoms with Crippen LogP contribution in [0.5, 0.6) is 11.5 Å². The van der Waals surface area contributed by atoms with Crippen LogP contribution < -0.4 is 14.4 Å². The number of allylic oxidation sites excluding steroid dienone is 1. The fourth-order valence-electron chi connectivity index (χ4n) is 5.87. The Morgan fingerprint density at radius 3 is 2.31 bits per heavy atom. The molecule has 2 amide bonds. The van der Waals surface area contributed by atoms with Gasteiger partial charge < -0.3 is 9.47 Å². The minimum atomic E-state index is -0.855. The fraction of sp³-hybridized carbons (Fsp3) is 0.233. The Morgan fingerprint density at radius 1 is 0.861 bits per heavy atom.